The van der Waals surface area contributed by atoms with Gasteiger partial charge in [-0.3, -0.25) is 0 Å². The molecule has 0 radical (unpaired) electrons. The fourth-order valence-electron chi connectivity index (χ4n) is 8.12. The lowest BCUT2D eigenvalue weighted by Crippen LogP contribution is -2.16. The Morgan fingerprint density at radius 1 is 0.290 bits per heavy atom. The van der Waals surface area contributed by atoms with E-state index in [1.165, 1.54) is 36.4 Å². The van der Waals surface area contributed by atoms with Crippen LogP contribution in [0.3, 0.4) is 0 Å². The van der Waals surface area contributed by atoms with Gasteiger partial charge >= 0.3 is 0 Å². The zero-order chi connectivity index (χ0) is 45.7. The Balaban J connectivity index is 2.55. The van der Waals surface area contributed by atoms with Crippen LogP contribution in [0.5, 0.6) is 0 Å². The van der Waals surface area contributed by atoms with E-state index in [0.29, 0.717) is 38.5 Å². The highest BCUT2D eigenvalue weighted by Gasteiger charge is 2.38. The molecule has 0 saturated carbocycles. The number of unbranched alkanes of at least 4 members (excludes halogenated alkanes) is 28. The maximum absolute atomic E-state index is 14.5. The minimum Gasteiger partial charge on any atom is -0.224 e. The molecule has 2 aromatic heterocycles. The van der Waals surface area contributed by atoms with E-state index in [0.717, 1.165) is 164 Å². The third-order valence-corrected chi connectivity index (χ3v) is 22.3. The molecule has 2 heterocycles. The molecule has 0 aliphatic carbocycles. The van der Waals surface area contributed by atoms with Gasteiger partial charge in [0.1, 0.15) is 9.79 Å². The van der Waals surface area contributed by atoms with E-state index in [4.69, 9.17) is 0 Å². The minimum atomic E-state index is -4.22. The molecule has 14 heteroatoms. The number of hydrogen-bond acceptors (Lipinski definition) is 10. The molecule has 2 rings (SSSR count). The predicted molar refractivity (Wildman–Crippen MR) is 266 cm³/mol. The van der Waals surface area contributed by atoms with E-state index in [9.17, 15) is 33.7 Å². The first-order valence-corrected chi connectivity index (χ1v) is 33.2. The van der Waals surface area contributed by atoms with Crippen molar-refractivity contribution in [3.8, 4) is 9.75 Å². The first-order valence-electron chi connectivity index (χ1n) is 24.8. The second-order valence-electron chi connectivity index (χ2n) is 17.7. The average Bonchev–Trinajstić information content (AvgIpc) is 3.90. The van der Waals surface area contributed by atoms with Gasteiger partial charge in [-0.1, -0.05) is 207 Å². The molecule has 0 saturated heterocycles. The summed E-state index contributed by atoms with van der Waals surface area (Å²) in [5, 5.41) is 2.72. The quantitative estimate of drug-likeness (QED) is 0.0601. The lowest BCUT2D eigenvalue weighted by atomic mass is 10.1. The third-order valence-electron chi connectivity index (χ3n) is 12.0. The number of thiophene rings is 2. The molecule has 0 fully saturated rings. The Labute approximate surface area is 389 Å². The van der Waals surface area contributed by atoms with Gasteiger partial charge in [0.25, 0.3) is 0 Å². The summed E-state index contributed by atoms with van der Waals surface area (Å²) in [6.45, 7) is 8.66. The van der Waals surface area contributed by atoms with Crippen molar-refractivity contribution in [2.75, 3.05) is 23.0 Å². The van der Waals surface area contributed by atoms with Crippen LogP contribution in [-0.4, -0.2) is 56.7 Å². The van der Waals surface area contributed by atoms with Crippen molar-refractivity contribution in [3.05, 3.63) is 10.8 Å². The molecule has 362 valence electrons. The Morgan fingerprint density at radius 3 is 0.710 bits per heavy atom. The fourth-order valence-corrected chi connectivity index (χ4v) is 19.8. The molecule has 0 atom stereocenters. The van der Waals surface area contributed by atoms with Crippen LogP contribution in [0.2, 0.25) is 0 Å². The van der Waals surface area contributed by atoms with Gasteiger partial charge in [-0.2, -0.15) is 0 Å². The van der Waals surface area contributed by atoms with Crippen LogP contribution in [0.25, 0.3) is 9.75 Å². The lowest BCUT2D eigenvalue weighted by molar-refractivity contribution is 0.565. The molecule has 0 spiro atoms. The van der Waals surface area contributed by atoms with Crippen LogP contribution in [0.15, 0.2) is 30.3 Å². The van der Waals surface area contributed by atoms with Crippen molar-refractivity contribution in [1.29, 1.82) is 0 Å². The van der Waals surface area contributed by atoms with Crippen LogP contribution in [0.4, 0.5) is 0 Å². The minimum absolute atomic E-state index is 0.0343. The van der Waals surface area contributed by atoms with Gasteiger partial charge in [0, 0.05) is 10.8 Å². The van der Waals surface area contributed by atoms with Crippen molar-refractivity contribution in [1.82, 2.24) is 0 Å². The second-order valence-corrected chi connectivity index (χ2v) is 27.7. The van der Waals surface area contributed by atoms with Crippen molar-refractivity contribution < 1.29 is 33.7 Å². The largest absolute Gasteiger partial charge is 0.224 e. The molecule has 8 nitrogen and oxygen atoms in total. The zero-order valence-electron chi connectivity index (χ0n) is 39.3. The first kappa shape index (κ1) is 57.3. The monoisotopic (exact) mass is 982 g/mol. The fraction of sp³-hybridized carbons (Fsp3) is 0.833. The van der Waals surface area contributed by atoms with Crippen LogP contribution in [0.1, 0.15) is 233 Å². The van der Waals surface area contributed by atoms with Gasteiger partial charge in [0.2, 0.25) is 0 Å². The summed E-state index contributed by atoms with van der Waals surface area (Å²) < 4.78 is 115. The van der Waals surface area contributed by atoms with Crippen molar-refractivity contribution in [2.45, 2.75) is 253 Å². The predicted octanol–water partition coefficient (Wildman–Crippen LogP) is 15.1. The van der Waals surface area contributed by atoms with Crippen LogP contribution in [0, 0.1) is 0 Å². The molecule has 2 aromatic rings. The smallest absolute Gasteiger partial charge is 0.181 e. The highest BCUT2D eigenvalue weighted by molar-refractivity contribution is 7.95. The summed E-state index contributed by atoms with van der Waals surface area (Å²) in [7, 11) is -16.6. The van der Waals surface area contributed by atoms with Crippen LogP contribution >= 0.6 is 22.7 Å². The SMILES string of the molecule is CCCCCCCCCCS(=O)(=O)c1csc(-c2scc(S(=O)(=O)CCCCCCCCCC)c2S(=O)(=O)CCCCCCCCCC)c1S(=O)(=O)CCCCCCCCCC. The highest BCUT2D eigenvalue weighted by Crippen LogP contribution is 2.47. The van der Waals surface area contributed by atoms with Gasteiger partial charge in [0.15, 0.2) is 39.3 Å². The van der Waals surface area contributed by atoms with Crippen molar-refractivity contribution in [3.63, 3.8) is 0 Å². The molecule has 0 bridgehead atoms. The Hall–Kier alpha value is -0.800. The topological polar surface area (TPSA) is 137 Å². The molecule has 0 amide bonds. The summed E-state index contributed by atoms with van der Waals surface area (Å²) in [4.78, 5) is -1.17. The summed E-state index contributed by atoms with van der Waals surface area (Å²) in [6, 6.07) is 0. The molecular weight excluding hydrogens is 897 g/mol. The van der Waals surface area contributed by atoms with Crippen LogP contribution < -0.4 is 0 Å². The van der Waals surface area contributed by atoms with E-state index in [1.807, 2.05) is 0 Å². The van der Waals surface area contributed by atoms with Gasteiger partial charge in [-0.05, 0) is 25.7 Å². The molecule has 0 aliphatic rings. The van der Waals surface area contributed by atoms with E-state index in [1.54, 1.807) is 0 Å². The first-order chi connectivity index (χ1) is 29.7. The summed E-state index contributed by atoms with van der Waals surface area (Å²) in [5.41, 5.74) is 0. The molecule has 0 unspecified atom stereocenters. The highest BCUT2D eigenvalue weighted by atomic mass is 32.2. The van der Waals surface area contributed by atoms with Gasteiger partial charge in [-0.15, -0.1) is 22.7 Å². The lowest BCUT2D eigenvalue weighted by Gasteiger charge is -2.13. The van der Waals surface area contributed by atoms with Gasteiger partial charge in [0.05, 0.1) is 42.6 Å². The Morgan fingerprint density at radius 2 is 0.484 bits per heavy atom. The maximum Gasteiger partial charge on any atom is 0.181 e. The summed E-state index contributed by atoms with van der Waals surface area (Å²) >= 11 is 1.83. The summed E-state index contributed by atoms with van der Waals surface area (Å²) in [6.07, 6.45) is 30.3. The van der Waals surface area contributed by atoms with Crippen molar-refractivity contribution >= 4 is 62.0 Å². The van der Waals surface area contributed by atoms with E-state index < -0.39 is 39.3 Å². The van der Waals surface area contributed by atoms with E-state index in [2.05, 4.69) is 27.7 Å². The molecule has 62 heavy (non-hydrogen) atoms. The Kier molecular flexibility index (Phi) is 29.6. The second kappa shape index (κ2) is 32.0. The van der Waals surface area contributed by atoms with Crippen LogP contribution in [-0.2, 0) is 39.3 Å². The average molecular weight is 984 g/mol. The summed E-state index contributed by atoms with van der Waals surface area (Å²) in [5.74, 6) is -0.933. The van der Waals surface area contributed by atoms with E-state index in [-0.39, 0.29) is 52.3 Å². The van der Waals surface area contributed by atoms with E-state index >= 15 is 0 Å². The maximum atomic E-state index is 14.5. The third kappa shape index (κ3) is 21.2. The van der Waals surface area contributed by atoms with Crippen molar-refractivity contribution in [2.24, 2.45) is 0 Å². The van der Waals surface area contributed by atoms with Gasteiger partial charge < -0.3 is 0 Å². The standard InChI is InChI=1S/C48H86O8S6/c1-5-9-13-17-21-25-29-33-37-59(49,50)43-41-57-45(47(43)61(53,54)39-35-31-27-23-19-15-11-7-3)46-48(62(55,56)40-36-32-28-24-20-16-12-8-4)44(42-58-46)60(51,52)38-34-30-26-22-18-14-10-6-2/h41-42H,5-40H2,1-4H3. The zero-order valence-corrected chi connectivity index (χ0v) is 44.2. The molecular formula is C48H86O8S6. The normalized spacial score (nSPS) is 12.8. The number of sulfone groups is 4. The molecule has 0 N–H and O–H groups in total. The Bertz CT molecular complexity index is 1790. The molecule has 0 aromatic carbocycles. The number of rotatable bonds is 41. The molecule has 0 aliphatic heterocycles. The number of hydrogen-bond donors (Lipinski definition) is 0. The van der Waals surface area contributed by atoms with Gasteiger partial charge in [-0.25, -0.2) is 33.7 Å².